The first-order chi connectivity index (χ1) is 9.04. The van der Waals surface area contributed by atoms with Crippen molar-refractivity contribution in [3.8, 4) is 0 Å². The van der Waals surface area contributed by atoms with E-state index in [2.05, 4.69) is 30.6 Å². The van der Waals surface area contributed by atoms with Gasteiger partial charge in [0, 0.05) is 10.9 Å². The minimum absolute atomic E-state index is 0.0322. The molecule has 2 unspecified atom stereocenters. The van der Waals surface area contributed by atoms with Crippen LogP contribution in [0.25, 0.3) is 0 Å². The van der Waals surface area contributed by atoms with Crippen LogP contribution in [0.15, 0.2) is 11.4 Å². The highest BCUT2D eigenvalue weighted by Gasteiger charge is 2.36. The third kappa shape index (κ3) is 3.58. The summed E-state index contributed by atoms with van der Waals surface area (Å²) < 4.78 is 24.7. The van der Waals surface area contributed by atoms with Gasteiger partial charge in [-0.2, -0.15) is 0 Å². The Hall–Kier alpha value is -0.390. The predicted octanol–water partition coefficient (Wildman–Crippen LogP) is 3.06. The Morgan fingerprint density at radius 3 is 2.84 bits per heavy atom. The smallest absolute Gasteiger partial charge is 0.155 e. The van der Waals surface area contributed by atoms with Crippen LogP contribution in [0.2, 0.25) is 0 Å². The molecule has 19 heavy (non-hydrogen) atoms. The molecule has 0 amide bonds. The van der Waals surface area contributed by atoms with Crippen LogP contribution < -0.4 is 5.32 Å². The Bertz CT molecular complexity index is 507. The SMILES string of the molecule is CCCNC(c1csc(C)c1)C1CCCCS1(=O)=O. The molecule has 3 nitrogen and oxygen atoms in total. The van der Waals surface area contributed by atoms with Crippen LogP contribution in [0.1, 0.15) is 49.1 Å². The van der Waals surface area contributed by atoms with Crippen molar-refractivity contribution in [1.29, 1.82) is 0 Å². The Kier molecular flexibility index (Phi) is 5.03. The number of aryl methyl sites for hydroxylation is 1. The van der Waals surface area contributed by atoms with Crippen LogP contribution in [0.4, 0.5) is 0 Å². The molecule has 0 bridgehead atoms. The van der Waals surface area contributed by atoms with Gasteiger partial charge in [0.1, 0.15) is 0 Å². The Balaban J connectivity index is 2.26. The van der Waals surface area contributed by atoms with Crippen molar-refractivity contribution >= 4 is 21.2 Å². The predicted molar refractivity (Wildman–Crippen MR) is 81.5 cm³/mol. The van der Waals surface area contributed by atoms with Gasteiger partial charge in [0.15, 0.2) is 9.84 Å². The van der Waals surface area contributed by atoms with E-state index in [9.17, 15) is 8.42 Å². The Labute approximate surface area is 120 Å². The van der Waals surface area contributed by atoms with Crippen molar-refractivity contribution in [1.82, 2.24) is 5.32 Å². The van der Waals surface area contributed by atoms with Gasteiger partial charge < -0.3 is 5.32 Å². The van der Waals surface area contributed by atoms with Gasteiger partial charge in [0.05, 0.1) is 11.0 Å². The fourth-order valence-corrected chi connectivity index (χ4v) is 5.59. The van der Waals surface area contributed by atoms with Crippen LogP contribution in [0, 0.1) is 6.92 Å². The van der Waals surface area contributed by atoms with Gasteiger partial charge in [0.2, 0.25) is 0 Å². The van der Waals surface area contributed by atoms with Gasteiger partial charge in [-0.3, -0.25) is 0 Å². The lowest BCUT2D eigenvalue weighted by Gasteiger charge is -2.30. The molecule has 0 aliphatic carbocycles. The van der Waals surface area contributed by atoms with Crippen molar-refractivity contribution in [3.05, 3.63) is 21.9 Å². The van der Waals surface area contributed by atoms with E-state index >= 15 is 0 Å². The molecular formula is C14H23NO2S2. The molecule has 1 N–H and O–H groups in total. The fraction of sp³-hybridized carbons (Fsp3) is 0.714. The third-order valence-electron chi connectivity index (χ3n) is 3.72. The van der Waals surface area contributed by atoms with E-state index in [1.807, 2.05) is 0 Å². The molecule has 1 aromatic rings. The van der Waals surface area contributed by atoms with Crippen LogP contribution >= 0.6 is 11.3 Å². The second-order valence-corrected chi connectivity index (χ2v) is 8.78. The minimum atomic E-state index is -2.95. The van der Waals surface area contributed by atoms with Crippen LogP contribution in [0.5, 0.6) is 0 Å². The summed E-state index contributed by atoms with van der Waals surface area (Å²) in [6, 6.07) is 2.09. The van der Waals surface area contributed by atoms with E-state index in [0.29, 0.717) is 5.75 Å². The maximum atomic E-state index is 12.3. The first kappa shape index (κ1) is 15.0. The largest absolute Gasteiger partial charge is 0.309 e. The lowest BCUT2D eigenvalue weighted by atomic mass is 10.0. The van der Waals surface area contributed by atoms with Gasteiger partial charge in [-0.1, -0.05) is 13.3 Å². The standard InChI is InChI=1S/C14H23NO2S2/c1-3-7-15-14(12-9-11(2)18-10-12)13-6-4-5-8-19(13,16)17/h9-10,13-15H,3-8H2,1-2H3. The molecule has 0 saturated carbocycles. The Morgan fingerprint density at radius 2 is 2.26 bits per heavy atom. The third-order valence-corrected chi connectivity index (χ3v) is 6.89. The highest BCUT2D eigenvalue weighted by atomic mass is 32.2. The summed E-state index contributed by atoms with van der Waals surface area (Å²) >= 11 is 1.70. The van der Waals surface area contributed by atoms with Crippen molar-refractivity contribution in [2.45, 2.75) is 50.8 Å². The first-order valence-electron chi connectivity index (χ1n) is 7.04. The summed E-state index contributed by atoms with van der Waals surface area (Å²) in [6.07, 6.45) is 3.66. The molecule has 0 spiro atoms. The highest BCUT2D eigenvalue weighted by molar-refractivity contribution is 7.92. The van der Waals surface area contributed by atoms with Crippen molar-refractivity contribution in [3.63, 3.8) is 0 Å². The highest BCUT2D eigenvalue weighted by Crippen LogP contribution is 2.32. The molecule has 108 valence electrons. The second-order valence-electron chi connectivity index (χ2n) is 5.32. The van der Waals surface area contributed by atoms with Crippen molar-refractivity contribution in [2.75, 3.05) is 12.3 Å². The van der Waals surface area contributed by atoms with Crippen LogP contribution in [-0.4, -0.2) is 26.0 Å². The van der Waals surface area contributed by atoms with E-state index in [1.54, 1.807) is 11.3 Å². The topological polar surface area (TPSA) is 46.2 Å². The van der Waals surface area contributed by atoms with Crippen LogP contribution in [0.3, 0.4) is 0 Å². The molecule has 0 aromatic carbocycles. The van der Waals surface area contributed by atoms with Crippen molar-refractivity contribution < 1.29 is 8.42 Å². The number of nitrogens with one attached hydrogen (secondary N) is 1. The van der Waals surface area contributed by atoms with Gasteiger partial charge in [0.25, 0.3) is 0 Å². The van der Waals surface area contributed by atoms with Crippen molar-refractivity contribution in [2.24, 2.45) is 0 Å². The molecule has 1 aromatic heterocycles. The molecule has 1 fully saturated rings. The maximum absolute atomic E-state index is 12.3. The first-order valence-corrected chi connectivity index (χ1v) is 9.64. The quantitative estimate of drug-likeness (QED) is 0.909. The number of rotatable bonds is 5. The number of sulfone groups is 1. The zero-order valence-electron chi connectivity index (χ0n) is 11.7. The second kappa shape index (κ2) is 6.37. The summed E-state index contributed by atoms with van der Waals surface area (Å²) in [7, 11) is -2.95. The average Bonchev–Trinajstić information content (AvgIpc) is 2.78. The molecule has 1 aliphatic heterocycles. The normalized spacial score (nSPS) is 24.2. The molecule has 1 saturated heterocycles. The average molecular weight is 301 g/mol. The molecule has 5 heteroatoms. The minimum Gasteiger partial charge on any atom is -0.309 e. The van der Waals surface area contributed by atoms with Crippen LogP contribution in [-0.2, 0) is 9.84 Å². The summed E-state index contributed by atoms with van der Waals surface area (Å²) in [5.41, 5.74) is 1.14. The monoisotopic (exact) mass is 301 g/mol. The summed E-state index contributed by atoms with van der Waals surface area (Å²) in [4.78, 5) is 1.24. The number of thiophene rings is 1. The number of hydrogen-bond acceptors (Lipinski definition) is 4. The van der Waals surface area contributed by atoms with E-state index in [4.69, 9.17) is 0 Å². The summed E-state index contributed by atoms with van der Waals surface area (Å²) in [6.45, 7) is 5.05. The Morgan fingerprint density at radius 1 is 1.47 bits per heavy atom. The molecule has 2 atom stereocenters. The van der Waals surface area contributed by atoms with Gasteiger partial charge in [-0.25, -0.2) is 8.42 Å². The van der Waals surface area contributed by atoms with E-state index in [0.717, 1.165) is 37.8 Å². The summed E-state index contributed by atoms with van der Waals surface area (Å²) in [5, 5.41) is 5.31. The number of hydrogen-bond donors (Lipinski definition) is 1. The molecule has 0 radical (unpaired) electrons. The maximum Gasteiger partial charge on any atom is 0.155 e. The molecule has 2 heterocycles. The molecule has 1 aliphatic rings. The van der Waals surface area contributed by atoms with E-state index in [1.165, 1.54) is 4.88 Å². The lowest BCUT2D eigenvalue weighted by Crippen LogP contribution is -2.40. The van der Waals surface area contributed by atoms with Gasteiger partial charge in [-0.05, 0) is 49.7 Å². The molecular weight excluding hydrogens is 278 g/mol. The zero-order chi connectivity index (χ0) is 13.9. The van der Waals surface area contributed by atoms with E-state index in [-0.39, 0.29) is 11.3 Å². The van der Waals surface area contributed by atoms with E-state index < -0.39 is 9.84 Å². The zero-order valence-corrected chi connectivity index (χ0v) is 13.3. The van der Waals surface area contributed by atoms with Gasteiger partial charge >= 0.3 is 0 Å². The lowest BCUT2D eigenvalue weighted by molar-refractivity contribution is 0.447. The summed E-state index contributed by atoms with van der Waals surface area (Å²) in [5.74, 6) is 0.352. The van der Waals surface area contributed by atoms with Gasteiger partial charge in [-0.15, -0.1) is 11.3 Å². The fourth-order valence-electron chi connectivity index (χ4n) is 2.74. The molecule has 2 rings (SSSR count).